The topological polar surface area (TPSA) is 4.44 Å². The minimum absolute atomic E-state index is 0.549. The van der Waals surface area contributed by atoms with Gasteiger partial charge >= 0.3 is 0 Å². The van der Waals surface area contributed by atoms with Gasteiger partial charge in [-0.1, -0.05) is 12.5 Å². The first kappa shape index (κ1) is 9.89. The summed E-state index contributed by atoms with van der Waals surface area (Å²) in [5.41, 5.74) is 4.30. The molecule has 1 saturated heterocycles. The van der Waals surface area contributed by atoms with Gasteiger partial charge < -0.3 is 4.90 Å². The molecule has 3 aliphatic rings. The van der Waals surface area contributed by atoms with Gasteiger partial charge in [0, 0.05) is 18.8 Å². The Morgan fingerprint density at radius 2 is 2.00 bits per heavy atom. The van der Waals surface area contributed by atoms with Gasteiger partial charge in [-0.2, -0.15) is 0 Å². The third-order valence-electron chi connectivity index (χ3n) is 5.11. The predicted molar refractivity (Wildman–Crippen MR) is 63.0 cm³/mol. The zero-order chi connectivity index (χ0) is 10.5. The Kier molecular flexibility index (Phi) is 2.21. The Bertz CT molecular complexity index is 304. The molecular weight excluding hydrogens is 182 g/mol. The Hall–Kier alpha value is -0.300. The van der Waals surface area contributed by atoms with Gasteiger partial charge in [0.15, 0.2) is 0 Å². The fourth-order valence-electron chi connectivity index (χ4n) is 4.49. The molecule has 0 spiro atoms. The van der Waals surface area contributed by atoms with Gasteiger partial charge in [-0.05, 0) is 38.2 Å². The van der Waals surface area contributed by atoms with Crippen LogP contribution in [0.5, 0.6) is 0 Å². The van der Waals surface area contributed by atoms with Crippen molar-refractivity contribution < 1.29 is 4.90 Å². The molecule has 1 nitrogen and oxygen atoms in total. The number of rotatable bonds is 0. The van der Waals surface area contributed by atoms with E-state index in [-0.39, 0.29) is 0 Å². The van der Waals surface area contributed by atoms with Crippen molar-refractivity contribution in [1.29, 1.82) is 0 Å². The lowest BCUT2D eigenvalue weighted by Gasteiger charge is -2.41. The Balaban J connectivity index is 1.99. The van der Waals surface area contributed by atoms with E-state index in [1.165, 1.54) is 51.6 Å². The van der Waals surface area contributed by atoms with Crippen LogP contribution in [0.2, 0.25) is 0 Å². The highest BCUT2D eigenvalue weighted by atomic mass is 15.2. The summed E-state index contributed by atoms with van der Waals surface area (Å²) in [6.07, 6.45) is 8.61. The quantitative estimate of drug-likeness (QED) is 0.578. The van der Waals surface area contributed by atoms with Gasteiger partial charge in [0.25, 0.3) is 0 Å². The minimum Gasteiger partial charge on any atom is -0.326 e. The fraction of sp³-hybridized carbons (Fsp3) is 0.857. The Morgan fingerprint density at radius 1 is 1.20 bits per heavy atom. The van der Waals surface area contributed by atoms with Crippen molar-refractivity contribution in [2.45, 2.75) is 57.9 Å². The second-order valence-corrected chi connectivity index (χ2v) is 6.24. The highest BCUT2D eigenvalue weighted by Crippen LogP contribution is 2.39. The van der Waals surface area contributed by atoms with Crippen molar-refractivity contribution in [3.05, 3.63) is 11.1 Å². The van der Waals surface area contributed by atoms with E-state index in [1.54, 1.807) is 0 Å². The smallest absolute Gasteiger partial charge is 0.117 e. The van der Waals surface area contributed by atoms with Crippen LogP contribution in [0, 0.1) is 5.92 Å². The summed E-state index contributed by atoms with van der Waals surface area (Å²) in [5.74, 6) is 0.943. The third kappa shape index (κ3) is 1.39. The van der Waals surface area contributed by atoms with Gasteiger partial charge in [0.05, 0.1) is 13.1 Å². The van der Waals surface area contributed by atoms with E-state index in [4.69, 9.17) is 0 Å². The summed E-state index contributed by atoms with van der Waals surface area (Å²) in [5, 5.41) is 0. The van der Waals surface area contributed by atoms with E-state index in [0.717, 1.165) is 5.92 Å². The molecule has 0 aromatic heterocycles. The molecular formula is C14H24N+. The zero-order valence-corrected chi connectivity index (χ0v) is 10.2. The van der Waals surface area contributed by atoms with Crippen molar-refractivity contribution >= 4 is 0 Å². The summed E-state index contributed by atoms with van der Waals surface area (Å²) in [7, 11) is 0. The van der Waals surface area contributed by atoms with E-state index in [9.17, 15) is 0 Å². The summed E-state index contributed by atoms with van der Waals surface area (Å²) in [6, 6.07) is 0. The number of fused-ring (bicyclic) bond motifs is 2. The predicted octanol–water partition coefficient (Wildman–Crippen LogP) is 1.94. The van der Waals surface area contributed by atoms with Crippen LogP contribution < -0.4 is 4.90 Å². The third-order valence-corrected chi connectivity index (χ3v) is 5.11. The van der Waals surface area contributed by atoms with Crippen LogP contribution in [0.1, 0.15) is 52.4 Å². The fourth-order valence-corrected chi connectivity index (χ4v) is 4.49. The van der Waals surface area contributed by atoms with Crippen LogP contribution in [0.3, 0.4) is 0 Å². The van der Waals surface area contributed by atoms with Gasteiger partial charge in [-0.25, -0.2) is 0 Å². The van der Waals surface area contributed by atoms with Crippen LogP contribution in [-0.4, -0.2) is 18.6 Å². The molecule has 2 aliphatic heterocycles. The van der Waals surface area contributed by atoms with Crippen LogP contribution in [0.4, 0.5) is 0 Å². The maximum Gasteiger partial charge on any atom is 0.117 e. The van der Waals surface area contributed by atoms with E-state index in [1.807, 2.05) is 16.0 Å². The summed E-state index contributed by atoms with van der Waals surface area (Å²) >= 11 is 0. The van der Waals surface area contributed by atoms with Gasteiger partial charge in [-0.3, -0.25) is 0 Å². The van der Waals surface area contributed by atoms with Crippen LogP contribution in [0.15, 0.2) is 11.1 Å². The zero-order valence-electron chi connectivity index (χ0n) is 10.2. The monoisotopic (exact) mass is 206 g/mol. The van der Waals surface area contributed by atoms with Gasteiger partial charge in [0.1, 0.15) is 5.54 Å². The van der Waals surface area contributed by atoms with Crippen LogP contribution in [0.25, 0.3) is 0 Å². The molecule has 0 aromatic rings. The molecule has 1 N–H and O–H groups in total. The highest BCUT2D eigenvalue weighted by Gasteiger charge is 2.49. The first-order chi connectivity index (χ1) is 7.20. The maximum absolute atomic E-state index is 2.55. The molecule has 0 aromatic carbocycles. The number of hydrogen-bond donors (Lipinski definition) is 1. The SMILES string of the molecule is C[C@@H]1C[NH+]2CCC3=C(CCCC3)[C@]2(C)C1. The van der Waals surface area contributed by atoms with Gasteiger partial charge in [-0.15, -0.1) is 0 Å². The molecule has 1 aliphatic carbocycles. The number of quaternary nitrogens is 1. The summed E-state index contributed by atoms with van der Waals surface area (Å²) < 4.78 is 0. The molecule has 1 unspecified atom stereocenters. The summed E-state index contributed by atoms with van der Waals surface area (Å²) in [4.78, 5) is 1.90. The molecule has 15 heavy (non-hydrogen) atoms. The highest BCUT2D eigenvalue weighted by molar-refractivity contribution is 5.28. The van der Waals surface area contributed by atoms with Gasteiger partial charge in [0.2, 0.25) is 0 Å². The largest absolute Gasteiger partial charge is 0.326 e. The van der Waals surface area contributed by atoms with Crippen molar-refractivity contribution in [3.63, 3.8) is 0 Å². The Labute approximate surface area is 93.5 Å². The Morgan fingerprint density at radius 3 is 2.87 bits per heavy atom. The van der Waals surface area contributed by atoms with E-state index >= 15 is 0 Å². The maximum atomic E-state index is 2.55. The average Bonchev–Trinajstić information content (AvgIpc) is 2.53. The van der Waals surface area contributed by atoms with Crippen molar-refractivity contribution in [3.8, 4) is 0 Å². The minimum atomic E-state index is 0.549. The lowest BCUT2D eigenvalue weighted by Crippen LogP contribution is -3.18. The molecule has 0 radical (unpaired) electrons. The van der Waals surface area contributed by atoms with E-state index in [2.05, 4.69) is 13.8 Å². The standard InChI is InChI=1S/C14H23N/c1-11-9-14(2)13-6-4-3-5-12(13)7-8-15(14)10-11/h11H,3-10H2,1-2H3/p+1/t11-,14-/m0/s1. The van der Waals surface area contributed by atoms with Crippen molar-refractivity contribution in [2.75, 3.05) is 13.1 Å². The van der Waals surface area contributed by atoms with Crippen LogP contribution >= 0.6 is 0 Å². The second-order valence-electron chi connectivity index (χ2n) is 6.24. The van der Waals surface area contributed by atoms with Crippen LogP contribution in [-0.2, 0) is 0 Å². The van der Waals surface area contributed by atoms with E-state index in [0.29, 0.717) is 5.54 Å². The number of nitrogens with one attached hydrogen (secondary N) is 1. The summed E-state index contributed by atoms with van der Waals surface area (Å²) in [6.45, 7) is 7.83. The molecule has 3 atom stereocenters. The van der Waals surface area contributed by atoms with Crippen molar-refractivity contribution in [1.82, 2.24) is 0 Å². The molecule has 1 fully saturated rings. The molecule has 2 heterocycles. The lowest BCUT2D eigenvalue weighted by molar-refractivity contribution is -0.934. The first-order valence-electron chi connectivity index (χ1n) is 6.77. The number of hydrogen-bond acceptors (Lipinski definition) is 0. The molecule has 0 bridgehead atoms. The normalized spacial score (nSPS) is 45.2. The first-order valence-corrected chi connectivity index (χ1v) is 6.77. The molecule has 1 heteroatoms. The van der Waals surface area contributed by atoms with Crippen molar-refractivity contribution in [2.24, 2.45) is 5.92 Å². The molecule has 0 saturated carbocycles. The molecule has 3 rings (SSSR count). The molecule has 0 amide bonds. The average molecular weight is 206 g/mol. The molecule has 84 valence electrons. The van der Waals surface area contributed by atoms with E-state index < -0.39 is 0 Å². The second kappa shape index (κ2) is 3.35. The lowest BCUT2D eigenvalue weighted by atomic mass is 9.74.